The number of hydrogen-bond acceptors (Lipinski definition) is 4. The molecule has 0 fully saturated rings. The van der Waals surface area contributed by atoms with Crippen molar-refractivity contribution in [3.8, 4) is 0 Å². The Morgan fingerprint density at radius 1 is 1.50 bits per heavy atom. The molecular weight excluding hydrogens is 236 g/mol. The number of amides is 1. The van der Waals surface area contributed by atoms with Gasteiger partial charge in [0.2, 0.25) is 5.91 Å². The molecule has 1 atom stereocenters. The lowest BCUT2D eigenvalue weighted by Crippen LogP contribution is -2.46. The predicted molar refractivity (Wildman–Crippen MR) is 65.0 cm³/mol. The monoisotopic (exact) mass is 254 g/mol. The van der Waals surface area contributed by atoms with Crippen LogP contribution in [0, 0.1) is 0 Å². The highest BCUT2D eigenvalue weighted by Gasteiger charge is 2.20. The van der Waals surface area contributed by atoms with Gasteiger partial charge in [0.05, 0.1) is 12.9 Å². The first-order chi connectivity index (χ1) is 8.49. The van der Waals surface area contributed by atoms with Crippen LogP contribution in [0.2, 0.25) is 0 Å². The van der Waals surface area contributed by atoms with E-state index in [0.29, 0.717) is 5.69 Å². The second kappa shape index (κ2) is 6.75. The van der Waals surface area contributed by atoms with Crippen LogP contribution < -0.4 is 10.6 Å². The lowest BCUT2D eigenvalue weighted by atomic mass is 10.1. The Morgan fingerprint density at radius 2 is 2.22 bits per heavy atom. The fraction of sp³-hybridized carbons (Fsp3) is 0.545. The van der Waals surface area contributed by atoms with E-state index in [4.69, 9.17) is 5.11 Å². The van der Waals surface area contributed by atoms with Crippen molar-refractivity contribution in [3.05, 3.63) is 18.2 Å². The number of rotatable bonds is 7. The first-order valence-corrected chi connectivity index (χ1v) is 5.72. The smallest absolute Gasteiger partial charge is 0.326 e. The quantitative estimate of drug-likeness (QED) is 0.525. The van der Waals surface area contributed by atoms with Crippen molar-refractivity contribution < 1.29 is 14.7 Å². The van der Waals surface area contributed by atoms with Crippen LogP contribution in [0.1, 0.15) is 19.5 Å². The van der Waals surface area contributed by atoms with Gasteiger partial charge in [0.1, 0.15) is 6.04 Å². The molecule has 18 heavy (non-hydrogen) atoms. The van der Waals surface area contributed by atoms with Gasteiger partial charge in [-0.3, -0.25) is 4.79 Å². The first-order valence-electron chi connectivity index (χ1n) is 5.72. The van der Waals surface area contributed by atoms with Crippen molar-refractivity contribution in [2.45, 2.75) is 32.4 Å². The summed E-state index contributed by atoms with van der Waals surface area (Å²) in [6, 6.07) is -0.779. The maximum absolute atomic E-state index is 11.5. The highest BCUT2D eigenvalue weighted by molar-refractivity contribution is 5.84. The van der Waals surface area contributed by atoms with E-state index in [1.165, 1.54) is 12.5 Å². The minimum absolute atomic E-state index is 0.102. The van der Waals surface area contributed by atoms with E-state index in [1.54, 1.807) is 0 Å². The van der Waals surface area contributed by atoms with Gasteiger partial charge in [-0.2, -0.15) is 0 Å². The van der Waals surface area contributed by atoms with E-state index in [-0.39, 0.29) is 24.9 Å². The highest BCUT2D eigenvalue weighted by Crippen LogP contribution is 1.98. The number of carbonyl (C=O) groups is 2. The zero-order valence-corrected chi connectivity index (χ0v) is 10.4. The molecular formula is C11H18N4O3. The van der Waals surface area contributed by atoms with Gasteiger partial charge >= 0.3 is 5.97 Å². The maximum atomic E-state index is 11.5. The van der Waals surface area contributed by atoms with Crippen LogP contribution in [-0.2, 0) is 16.0 Å². The van der Waals surface area contributed by atoms with Gasteiger partial charge in [0, 0.05) is 24.4 Å². The summed E-state index contributed by atoms with van der Waals surface area (Å²) < 4.78 is 0. The van der Waals surface area contributed by atoms with Gasteiger partial charge in [0.25, 0.3) is 0 Å². The third-order valence-corrected chi connectivity index (χ3v) is 2.28. The molecule has 0 aromatic carbocycles. The van der Waals surface area contributed by atoms with Crippen LogP contribution in [-0.4, -0.2) is 45.6 Å². The number of nitrogens with zero attached hydrogens (tertiary/aromatic N) is 1. The number of hydrogen-bond donors (Lipinski definition) is 4. The molecule has 100 valence electrons. The van der Waals surface area contributed by atoms with E-state index < -0.39 is 12.0 Å². The number of carbonyl (C=O) groups excluding carboxylic acids is 1. The van der Waals surface area contributed by atoms with Crippen LogP contribution in [0.5, 0.6) is 0 Å². The fourth-order valence-electron chi connectivity index (χ4n) is 1.36. The summed E-state index contributed by atoms with van der Waals surface area (Å²) >= 11 is 0. The van der Waals surface area contributed by atoms with Crippen molar-refractivity contribution in [2.75, 3.05) is 6.54 Å². The predicted octanol–water partition coefficient (Wildman–Crippen LogP) is -0.480. The summed E-state index contributed by atoms with van der Waals surface area (Å²) in [6.07, 6.45) is 3.19. The van der Waals surface area contributed by atoms with E-state index in [9.17, 15) is 9.59 Å². The fourth-order valence-corrected chi connectivity index (χ4v) is 1.36. The molecule has 0 bridgehead atoms. The SMILES string of the molecule is CC(C)NCC(=O)NC(Cc1cnc[nH]1)C(=O)O. The number of aromatic amines is 1. The Kier molecular flexibility index (Phi) is 5.31. The summed E-state index contributed by atoms with van der Waals surface area (Å²) in [5.41, 5.74) is 0.666. The summed E-state index contributed by atoms with van der Waals surface area (Å²) in [6.45, 7) is 3.92. The van der Waals surface area contributed by atoms with Crippen LogP contribution in [0.25, 0.3) is 0 Å². The Labute approximate surface area is 105 Å². The van der Waals surface area contributed by atoms with Crippen LogP contribution >= 0.6 is 0 Å². The molecule has 0 aliphatic rings. The van der Waals surface area contributed by atoms with Crippen LogP contribution in [0.15, 0.2) is 12.5 Å². The summed E-state index contributed by atoms with van der Waals surface area (Å²) in [4.78, 5) is 29.2. The molecule has 0 spiro atoms. The van der Waals surface area contributed by atoms with Gasteiger partial charge < -0.3 is 20.7 Å². The van der Waals surface area contributed by atoms with Gasteiger partial charge in [-0.25, -0.2) is 9.78 Å². The standard InChI is InChI=1S/C11H18N4O3/c1-7(2)13-5-10(16)15-9(11(17)18)3-8-4-12-6-14-8/h4,6-7,9,13H,3,5H2,1-2H3,(H,12,14)(H,15,16)(H,17,18). The Hall–Kier alpha value is -1.89. The minimum atomic E-state index is -1.07. The molecule has 1 aromatic rings. The van der Waals surface area contributed by atoms with Crippen molar-refractivity contribution in [1.29, 1.82) is 0 Å². The average Bonchev–Trinajstić information content (AvgIpc) is 2.78. The van der Waals surface area contributed by atoms with Gasteiger partial charge in [0.15, 0.2) is 0 Å². The third kappa shape index (κ3) is 4.96. The van der Waals surface area contributed by atoms with Gasteiger partial charge in [-0.15, -0.1) is 0 Å². The second-order valence-electron chi connectivity index (χ2n) is 4.27. The molecule has 1 unspecified atom stereocenters. The highest BCUT2D eigenvalue weighted by atomic mass is 16.4. The molecule has 0 saturated carbocycles. The molecule has 1 heterocycles. The van der Waals surface area contributed by atoms with Crippen molar-refractivity contribution in [2.24, 2.45) is 0 Å². The Bertz CT molecular complexity index is 389. The summed E-state index contributed by atoms with van der Waals surface area (Å²) in [5, 5.41) is 14.4. The van der Waals surface area contributed by atoms with Crippen LogP contribution in [0.4, 0.5) is 0 Å². The number of carboxylic acid groups (broad SMARTS) is 1. The molecule has 1 amide bonds. The zero-order chi connectivity index (χ0) is 13.5. The van der Waals surface area contributed by atoms with Crippen molar-refractivity contribution >= 4 is 11.9 Å². The van der Waals surface area contributed by atoms with E-state index in [2.05, 4.69) is 20.6 Å². The molecule has 0 saturated heterocycles. The topological polar surface area (TPSA) is 107 Å². The van der Waals surface area contributed by atoms with Crippen LogP contribution in [0.3, 0.4) is 0 Å². The zero-order valence-electron chi connectivity index (χ0n) is 10.4. The molecule has 1 aromatic heterocycles. The van der Waals surface area contributed by atoms with E-state index in [1.807, 2.05) is 13.8 Å². The molecule has 4 N–H and O–H groups in total. The summed E-state index contributed by atoms with van der Waals surface area (Å²) in [5.74, 6) is -1.40. The van der Waals surface area contributed by atoms with Gasteiger partial charge in [-0.1, -0.05) is 13.8 Å². The second-order valence-corrected chi connectivity index (χ2v) is 4.27. The molecule has 7 heteroatoms. The number of H-pyrrole nitrogens is 1. The average molecular weight is 254 g/mol. The lowest BCUT2D eigenvalue weighted by Gasteiger charge is -2.14. The molecule has 0 aliphatic heterocycles. The normalized spacial score (nSPS) is 12.4. The third-order valence-electron chi connectivity index (χ3n) is 2.28. The number of nitrogens with one attached hydrogen (secondary N) is 3. The van der Waals surface area contributed by atoms with Crippen molar-refractivity contribution in [1.82, 2.24) is 20.6 Å². The minimum Gasteiger partial charge on any atom is -0.480 e. The molecule has 0 aliphatic carbocycles. The lowest BCUT2D eigenvalue weighted by molar-refractivity contribution is -0.141. The Balaban J connectivity index is 2.48. The van der Waals surface area contributed by atoms with E-state index >= 15 is 0 Å². The van der Waals surface area contributed by atoms with E-state index in [0.717, 1.165) is 0 Å². The maximum Gasteiger partial charge on any atom is 0.326 e. The van der Waals surface area contributed by atoms with Gasteiger partial charge in [-0.05, 0) is 0 Å². The Morgan fingerprint density at radius 3 is 2.72 bits per heavy atom. The molecule has 1 rings (SSSR count). The number of carboxylic acids is 1. The number of aliphatic carboxylic acids is 1. The molecule has 7 nitrogen and oxygen atoms in total. The number of aromatic nitrogens is 2. The number of imidazole rings is 1. The summed E-state index contributed by atoms with van der Waals surface area (Å²) in [7, 11) is 0. The first kappa shape index (κ1) is 14.2. The largest absolute Gasteiger partial charge is 0.480 e. The van der Waals surface area contributed by atoms with Crippen molar-refractivity contribution in [3.63, 3.8) is 0 Å². The molecule has 0 radical (unpaired) electrons.